The Kier molecular flexibility index (Phi) is 8.58. The molecule has 198 valence electrons. The van der Waals surface area contributed by atoms with Crippen molar-refractivity contribution in [2.75, 3.05) is 19.0 Å². The average Bonchev–Trinajstić information content (AvgIpc) is 3.33. The lowest BCUT2D eigenvalue weighted by molar-refractivity contribution is -0.141. The van der Waals surface area contributed by atoms with Gasteiger partial charge in [0.05, 0.1) is 6.54 Å². The number of alkyl halides is 3. The highest BCUT2D eigenvalue weighted by Crippen LogP contribution is 2.30. The number of nitrogens with zero attached hydrogens (tertiary/aromatic N) is 6. The third-order valence-corrected chi connectivity index (χ3v) is 5.54. The minimum absolute atomic E-state index is 0.116. The molecule has 1 amide bonds. The fourth-order valence-electron chi connectivity index (χ4n) is 3.75. The van der Waals surface area contributed by atoms with Crippen molar-refractivity contribution in [1.29, 1.82) is 0 Å². The number of methoxy groups -OCH3 is 1. The molecule has 3 aromatic heterocycles. The first-order valence-electron chi connectivity index (χ1n) is 11.7. The first kappa shape index (κ1) is 26.7. The normalized spacial score (nSPS) is 11.4. The van der Waals surface area contributed by atoms with E-state index in [1.165, 1.54) is 18.5 Å². The second-order valence-corrected chi connectivity index (χ2v) is 8.16. The van der Waals surface area contributed by atoms with E-state index in [1.807, 2.05) is 4.57 Å². The number of ether oxygens (including phenoxy) is 1. The number of halogens is 3. The van der Waals surface area contributed by atoms with Gasteiger partial charge in [0.15, 0.2) is 11.6 Å². The van der Waals surface area contributed by atoms with Gasteiger partial charge in [-0.15, -0.1) is 10.2 Å². The molecule has 0 aliphatic carbocycles. The number of carbonyl (C=O) groups excluding carboxylic acids is 1. The Hall–Kier alpha value is -4.39. The molecule has 0 bridgehead atoms. The molecule has 38 heavy (non-hydrogen) atoms. The molecule has 13 heteroatoms. The summed E-state index contributed by atoms with van der Waals surface area (Å²) in [4.78, 5) is 24.3. The van der Waals surface area contributed by atoms with Gasteiger partial charge in [0.1, 0.15) is 17.7 Å². The number of amides is 1. The lowest BCUT2D eigenvalue weighted by Crippen LogP contribution is -2.25. The summed E-state index contributed by atoms with van der Waals surface area (Å²) >= 11 is 0. The number of rotatable bonds is 11. The second kappa shape index (κ2) is 12.2. The average molecular weight is 527 g/mol. The molecular weight excluding hydrogens is 501 g/mol. The maximum Gasteiger partial charge on any atom is 0.433 e. The molecule has 0 atom stereocenters. The molecule has 10 nitrogen and oxygen atoms in total. The standard InChI is InChI=1S/C25H25F3N8O2/c1-38-12-4-11-36-21(34-35-23(36)20-8-10-29-16-33-20)15-31-19-7-2-5-17(13-19)24(37)32-14-18-6-3-9-30-22(18)25(26,27)28/h2-3,5-10,13,16,31H,4,11-12,14-15H2,1H3,(H,32,37). The summed E-state index contributed by atoms with van der Waals surface area (Å²) in [5, 5.41) is 14.4. The molecule has 0 aliphatic rings. The van der Waals surface area contributed by atoms with Crippen LogP contribution in [0.1, 0.15) is 33.9 Å². The molecule has 0 aliphatic heterocycles. The molecule has 0 fully saturated rings. The van der Waals surface area contributed by atoms with Gasteiger partial charge in [0, 0.05) is 56.0 Å². The molecule has 0 radical (unpaired) electrons. The zero-order valence-corrected chi connectivity index (χ0v) is 20.4. The zero-order chi connectivity index (χ0) is 27.0. The third kappa shape index (κ3) is 6.68. The molecule has 4 aromatic rings. The predicted molar refractivity (Wildman–Crippen MR) is 132 cm³/mol. The Morgan fingerprint density at radius 1 is 1.05 bits per heavy atom. The van der Waals surface area contributed by atoms with Gasteiger partial charge in [0.2, 0.25) is 0 Å². The molecule has 0 spiro atoms. The van der Waals surface area contributed by atoms with E-state index in [9.17, 15) is 18.0 Å². The SMILES string of the molecule is COCCCn1c(CNc2cccc(C(=O)NCc3cccnc3C(F)(F)F)c2)nnc1-c1ccncn1. The maximum atomic E-state index is 13.2. The van der Waals surface area contributed by atoms with Gasteiger partial charge in [-0.05, 0) is 36.8 Å². The van der Waals surface area contributed by atoms with Crippen LogP contribution in [0.3, 0.4) is 0 Å². The van der Waals surface area contributed by atoms with E-state index in [1.54, 1.807) is 43.6 Å². The third-order valence-electron chi connectivity index (χ3n) is 5.54. The number of nitrogens with one attached hydrogen (secondary N) is 2. The lowest BCUT2D eigenvalue weighted by Gasteiger charge is -2.13. The molecule has 0 saturated heterocycles. The van der Waals surface area contributed by atoms with Crippen molar-refractivity contribution in [3.8, 4) is 11.5 Å². The zero-order valence-electron chi connectivity index (χ0n) is 20.4. The topological polar surface area (TPSA) is 120 Å². The van der Waals surface area contributed by atoms with Gasteiger partial charge >= 0.3 is 6.18 Å². The highest BCUT2D eigenvalue weighted by atomic mass is 19.4. The number of benzene rings is 1. The highest BCUT2D eigenvalue weighted by Gasteiger charge is 2.35. The molecule has 4 rings (SSSR count). The Balaban J connectivity index is 1.44. The van der Waals surface area contributed by atoms with Crippen molar-refractivity contribution in [1.82, 2.24) is 35.0 Å². The molecule has 0 saturated carbocycles. The first-order chi connectivity index (χ1) is 18.4. The van der Waals surface area contributed by atoms with Gasteiger partial charge in [0.25, 0.3) is 5.91 Å². The minimum atomic E-state index is -4.61. The van der Waals surface area contributed by atoms with Crippen LogP contribution in [0.5, 0.6) is 0 Å². The van der Waals surface area contributed by atoms with Crippen LogP contribution in [0.4, 0.5) is 18.9 Å². The van der Waals surface area contributed by atoms with Gasteiger partial charge in [-0.3, -0.25) is 9.78 Å². The van der Waals surface area contributed by atoms with E-state index in [4.69, 9.17) is 4.74 Å². The van der Waals surface area contributed by atoms with Crippen LogP contribution in [0.2, 0.25) is 0 Å². The second-order valence-electron chi connectivity index (χ2n) is 8.16. The van der Waals surface area contributed by atoms with Gasteiger partial charge < -0.3 is 19.9 Å². The van der Waals surface area contributed by atoms with Crippen LogP contribution in [0, 0.1) is 0 Å². The summed E-state index contributed by atoms with van der Waals surface area (Å²) in [6, 6.07) is 11.1. The van der Waals surface area contributed by atoms with E-state index in [0.717, 1.165) is 12.6 Å². The van der Waals surface area contributed by atoms with Crippen LogP contribution in [-0.4, -0.2) is 49.3 Å². The lowest BCUT2D eigenvalue weighted by atomic mass is 10.1. The maximum absolute atomic E-state index is 13.2. The van der Waals surface area contributed by atoms with Crippen molar-refractivity contribution in [3.63, 3.8) is 0 Å². The van der Waals surface area contributed by atoms with Gasteiger partial charge in [-0.2, -0.15) is 13.2 Å². The minimum Gasteiger partial charge on any atom is -0.385 e. The van der Waals surface area contributed by atoms with Gasteiger partial charge in [-0.25, -0.2) is 9.97 Å². The van der Waals surface area contributed by atoms with E-state index in [2.05, 4.69) is 35.8 Å². The number of aromatic nitrogens is 6. The van der Waals surface area contributed by atoms with Crippen molar-refractivity contribution in [3.05, 3.63) is 83.8 Å². The Bertz CT molecular complexity index is 1360. The summed E-state index contributed by atoms with van der Waals surface area (Å²) in [6.45, 7) is 1.17. The molecule has 3 heterocycles. The smallest absolute Gasteiger partial charge is 0.385 e. The highest BCUT2D eigenvalue weighted by molar-refractivity contribution is 5.95. The van der Waals surface area contributed by atoms with Crippen molar-refractivity contribution >= 4 is 11.6 Å². The fourth-order valence-corrected chi connectivity index (χ4v) is 3.75. The Labute approximate surface area is 216 Å². The summed E-state index contributed by atoms with van der Waals surface area (Å²) in [7, 11) is 1.63. The van der Waals surface area contributed by atoms with Crippen molar-refractivity contribution in [2.24, 2.45) is 0 Å². The summed E-state index contributed by atoms with van der Waals surface area (Å²) in [5.74, 6) is 0.738. The Morgan fingerprint density at radius 2 is 1.92 bits per heavy atom. The number of hydrogen-bond donors (Lipinski definition) is 2. The summed E-state index contributed by atoms with van der Waals surface area (Å²) < 4.78 is 46.6. The number of pyridine rings is 1. The monoisotopic (exact) mass is 526 g/mol. The fraction of sp³-hybridized carbons (Fsp3) is 0.280. The molecule has 1 aromatic carbocycles. The molecule has 2 N–H and O–H groups in total. The number of carbonyl (C=O) groups is 1. The summed E-state index contributed by atoms with van der Waals surface area (Å²) in [6.07, 6.45) is 0.266. The van der Waals surface area contributed by atoms with E-state index < -0.39 is 17.8 Å². The summed E-state index contributed by atoms with van der Waals surface area (Å²) in [5.41, 5.74) is 0.416. The predicted octanol–water partition coefficient (Wildman–Crippen LogP) is 3.73. The quantitative estimate of drug-likeness (QED) is 0.284. The van der Waals surface area contributed by atoms with Gasteiger partial charge in [-0.1, -0.05) is 12.1 Å². The van der Waals surface area contributed by atoms with E-state index in [-0.39, 0.29) is 17.7 Å². The van der Waals surface area contributed by atoms with E-state index in [0.29, 0.717) is 42.7 Å². The van der Waals surface area contributed by atoms with Crippen molar-refractivity contribution < 1.29 is 22.7 Å². The van der Waals surface area contributed by atoms with E-state index >= 15 is 0 Å². The first-order valence-corrected chi connectivity index (χ1v) is 11.7. The number of anilines is 1. The Morgan fingerprint density at radius 3 is 2.68 bits per heavy atom. The van der Waals surface area contributed by atoms with Crippen LogP contribution in [0.25, 0.3) is 11.5 Å². The van der Waals surface area contributed by atoms with Crippen LogP contribution in [-0.2, 0) is 30.5 Å². The van der Waals surface area contributed by atoms with Crippen molar-refractivity contribution in [2.45, 2.75) is 32.2 Å². The molecule has 0 unspecified atom stereocenters. The van der Waals surface area contributed by atoms with Crippen LogP contribution in [0.15, 0.2) is 61.2 Å². The van der Waals surface area contributed by atoms with Crippen LogP contribution < -0.4 is 10.6 Å². The number of hydrogen-bond acceptors (Lipinski definition) is 8. The molecular formula is C25H25F3N8O2. The van der Waals surface area contributed by atoms with Crippen LogP contribution >= 0.6 is 0 Å². The largest absolute Gasteiger partial charge is 0.433 e.